The Balaban J connectivity index is 2.15. The van der Waals surface area contributed by atoms with E-state index in [0.717, 1.165) is 12.2 Å². The Bertz CT molecular complexity index is 377. The molecule has 0 saturated carbocycles. The lowest BCUT2D eigenvalue weighted by molar-refractivity contribution is -0.117. The molecule has 4 heteroatoms. The van der Waals surface area contributed by atoms with Gasteiger partial charge in [-0.1, -0.05) is 0 Å². The summed E-state index contributed by atoms with van der Waals surface area (Å²) in [5.41, 5.74) is 1.00. The summed E-state index contributed by atoms with van der Waals surface area (Å²) in [6.45, 7) is 0.772. The highest BCUT2D eigenvalue weighted by Crippen LogP contribution is 2.24. The van der Waals surface area contributed by atoms with Gasteiger partial charge in [0.05, 0.1) is 0 Å². The molecule has 1 N–H and O–H groups in total. The summed E-state index contributed by atoms with van der Waals surface area (Å²) in [4.78, 5) is 14.9. The van der Waals surface area contributed by atoms with E-state index in [2.05, 4.69) is 17.4 Å². The van der Waals surface area contributed by atoms with Crippen molar-refractivity contribution in [1.82, 2.24) is 5.32 Å². The van der Waals surface area contributed by atoms with Crippen LogP contribution in [-0.4, -0.2) is 31.8 Å². The van der Waals surface area contributed by atoms with E-state index >= 15 is 0 Å². The average molecular weight is 236 g/mol. The summed E-state index contributed by atoms with van der Waals surface area (Å²) < 4.78 is 0. The van der Waals surface area contributed by atoms with E-state index in [-0.39, 0.29) is 11.9 Å². The molecular weight excluding hydrogens is 220 g/mol. The zero-order valence-corrected chi connectivity index (χ0v) is 10.4. The molecule has 1 aliphatic heterocycles. The van der Waals surface area contributed by atoms with Crippen molar-refractivity contribution in [2.45, 2.75) is 17.4 Å². The highest BCUT2D eigenvalue weighted by Gasteiger charge is 2.29. The highest BCUT2D eigenvalue weighted by atomic mass is 32.2. The first-order valence-electron chi connectivity index (χ1n) is 5.36. The molecule has 1 unspecified atom stereocenters. The molecule has 0 aliphatic carbocycles. The molecule has 16 heavy (non-hydrogen) atoms. The van der Waals surface area contributed by atoms with Crippen LogP contribution in [0.2, 0.25) is 0 Å². The minimum Gasteiger partial charge on any atom is -0.315 e. The SMILES string of the molecule is CNC1CC(=O)N(c2ccc(SC)cc2)C1. The van der Waals surface area contributed by atoms with E-state index in [0.29, 0.717) is 6.42 Å². The van der Waals surface area contributed by atoms with E-state index in [9.17, 15) is 4.79 Å². The predicted octanol–water partition coefficient (Wildman–Crippen LogP) is 1.73. The summed E-state index contributed by atoms with van der Waals surface area (Å²) in [5.74, 6) is 0.205. The standard InChI is InChI=1S/C12H16N2OS/c1-13-9-7-12(15)14(8-9)10-3-5-11(16-2)6-4-10/h3-6,9,13H,7-8H2,1-2H3. The van der Waals surface area contributed by atoms with E-state index in [1.165, 1.54) is 4.90 Å². The van der Waals surface area contributed by atoms with Gasteiger partial charge in [0, 0.05) is 29.6 Å². The lowest BCUT2D eigenvalue weighted by atomic mass is 10.3. The van der Waals surface area contributed by atoms with Crippen LogP contribution in [0.15, 0.2) is 29.2 Å². The highest BCUT2D eigenvalue weighted by molar-refractivity contribution is 7.98. The molecule has 1 amide bonds. The van der Waals surface area contributed by atoms with Gasteiger partial charge < -0.3 is 10.2 Å². The second-order valence-electron chi connectivity index (χ2n) is 3.89. The Kier molecular flexibility index (Phi) is 3.51. The first-order valence-corrected chi connectivity index (χ1v) is 6.58. The van der Waals surface area contributed by atoms with Crippen LogP contribution in [0.5, 0.6) is 0 Å². The van der Waals surface area contributed by atoms with Crippen LogP contribution in [0.3, 0.4) is 0 Å². The number of thioether (sulfide) groups is 1. The molecular formula is C12H16N2OS. The molecule has 1 aromatic rings. The lowest BCUT2D eigenvalue weighted by Crippen LogP contribution is -2.30. The van der Waals surface area contributed by atoms with Crippen LogP contribution in [-0.2, 0) is 4.79 Å². The van der Waals surface area contributed by atoms with Crippen molar-refractivity contribution < 1.29 is 4.79 Å². The van der Waals surface area contributed by atoms with Crippen molar-refractivity contribution in [3.63, 3.8) is 0 Å². The number of nitrogens with one attached hydrogen (secondary N) is 1. The molecule has 3 nitrogen and oxygen atoms in total. The average Bonchev–Trinajstić information content (AvgIpc) is 2.71. The van der Waals surface area contributed by atoms with Crippen LogP contribution >= 0.6 is 11.8 Å². The number of likely N-dealkylation sites (N-methyl/N-ethyl adjacent to an activating group) is 1. The summed E-state index contributed by atoms with van der Waals surface area (Å²) in [6, 6.07) is 8.43. The van der Waals surface area contributed by atoms with Crippen molar-refractivity contribution in [3.05, 3.63) is 24.3 Å². The molecule has 1 fully saturated rings. The fourth-order valence-electron chi connectivity index (χ4n) is 1.91. The Labute approximate surface area is 100 Å². The monoisotopic (exact) mass is 236 g/mol. The van der Waals surface area contributed by atoms with Crippen molar-refractivity contribution in [1.29, 1.82) is 0 Å². The summed E-state index contributed by atoms with van der Waals surface area (Å²) >= 11 is 1.71. The van der Waals surface area contributed by atoms with Gasteiger partial charge in [0.25, 0.3) is 0 Å². The molecule has 0 bridgehead atoms. The predicted molar refractivity (Wildman–Crippen MR) is 68.0 cm³/mol. The fourth-order valence-corrected chi connectivity index (χ4v) is 2.32. The molecule has 2 rings (SSSR count). The van der Waals surface area contributed by atoms with Gasteiger partial charge >= 0.3 is 0 Å². The van der Waals surface area contributed by atoms with E-state index in [4.69, 9.17) is 0 Å². The number of carbonyl (C=O) groups is 1. The number of nitrogens with zero attached hydrogens (tertiary/aromatic N) is 1. The van der Waals surface area contributed by atoms with E-state index < -0.39 is 0 Å². The summed E-state index contributed by atoms with van der Waals surface area (Å²) in [6.07, 6.45) is 2.65. The molecule has 0 radical (unpaired) electrons. The number of carbonyl (C=O) groups excluding carboxylic acids is 1. The zero-order chi connectivity index (χ0) is 11.5. The van der Waals surface area contributed by atoms with Gasteiger partial charge in [-0.2, -0.15) is 0 Å². The molecule has 1 atom stereocenters. The number of hydrogen-bond donors (Lipinski definition) is 1. The Morgan fingerprint density at radius 1 is 1.38 bits per heavy atom. The first-order chi connectivity index (χ1) is 7.74. The minimum atomic E-state index is 0.205. The van der Waals surface area contributed by atoms with Gasteiger partial charge in [0.1, 0.15) is 0 Å². The van der Waals surface area contributed by atoms with Crippen LogP contribution in [0.1, 0.15) is 6.42 Å². The van der Waals surface area contributed by atoms with Crippen molar-refractivity contribution >= 4 is 23.4 Å². The van der Waals surface area contributed by atoms with E-state index in [1.807, 2.05) is 30.3 Å². The molecule has 1 saturated heterocycles. The van der Waals surface area contributed by atoms with Crippen molar-refractivity contribution in [2.24, 2.45) is 0 Å². The van der Waals surface area contributed by atoms with Crippen molar-refractivity contribution in [3.8, 4) is 0 Å². The van der Waals surface area contributed by atoms with Gasteiger partial charge in [-0.05, 0) is 37.6 Å². The summed E-state index contributed by atoms with van der Waals surface area (Å²) in [7, 11) is 1.90. The molecule has 1 heterocycles. The normalized spacial score (nSPS) is 20.5. The van der Waals surface area contributed by atoms with Crippen LogP contribution in [0, 0.1) is 0 Å². The third-order valence-corrected chi connectivity index (χ3v) is 3.66. The Hall–Kier alpha value is -1.00. The van der Waals surface area contributed by atoms with Crippen LogP contribution < -0.4 is 10.2 Å². The van der Waals surface area contributed by atoms with Gasteiger partial charge in [0.15, 0.2) is 0 Å². The third kappa shape index (κ3) is 2.23. The first kappa shape index (κ1) is 11.5. The number of anilines is 1. The van der Waals surface area contributed by atoms with Gasteiger partial charge in [0.2, 0.25) is 5.91 Å². The maximum absolute atomic E-state index is 11.8. The summed E-state index contributed by atoms with van der Waals surface area (Å²) in [5, 5.41) is 3.15. The van der Waals surface area contributed by atoms with Crippen LogP contribution in [0.25, 0.3) is 0 Å². The molecule has 0 aromatic heterocycles. The second-order valence-corrected chi connectivity index (χ2v) is 4.77. The topological polar surface area (TPSA) is 32.3 Å². The molecule has 1 aliphatic rings. The maximum atomic E-state index is 11.8. The molecule has 0 spiro atoms. The molecule has 1 aromatic carbocycles. The fraction of sp³-hybridized carbons (Fsp3) is 0.417. The number of amides is 1. The van der Waals surface area contributed by atoms with Crippen molar-refractivity contribution in [2.75, 3.05) is 24.7 Å². The number of benzene rings is 1. The zero-order valence-electron chi connectivity index (χ0n) is 9.56. The third-order valence-electron chi connectivity index (χ3n) is 2.92. The van der Waals surface area contributed by atoms with E-state index in [1.54, 1.807) is 11.8 Å². The quantitative estimate of drug-likeness (QED) is 0.811. The molecule has 86 valence electrons. The number of hydrogen-bond acceptors (Lipinski definition) is 3. The van der Waals surface area contributed by atoms with Gasteiger partial charge in [-0.25, -0.2) is 0 Å². The van der Waals surface area contributed by atoms with Gasteiger partial charge in [-0.3, -0.25) is 4.79 Å². The van der Waals surface area contributed by atoms with Gasteiger partial charge in [-0.15, -0.1) is 11.8 Å². The largest absolute Gasteiger partial charge is 0.315 e. The minimum absolute atomic E-state index is 0.205. The Morgan fingerprint density at radius 3 is 2.56 bits per heavy atom. The lowest BCUT2D eigenvalue weighted by Gasteiger charge is -2.16. The Morgan fingerprint density at radius 2 is 2.06 bits per heavy atom. The number of rotatable bonds is 3. The smallest absolute Gasteiger partial charge is 0.228 e. The maximum Gasteiger partial charge on any atom is 0.228 e. The second kappa shape index (κ2) is 4.89. The van der Waals surface area contributed by atoms with Crippen LogP contribution in [0.4, 0.5) is 5.69 Å².